The number of hydrogen-bond donors (Lipinski definition) is 1. The van der Waals surface area contributed by atoms with Crippen LogP contribution in [0.2, 0.25) is 5.02 Å². The molecule has 0 atom stereocenters. The Morgan fingerprint density at radius 1 is 1.39 bits per heavy atom. The molecule has 2 nitrogen and oxygen atoms in total. The normalized spacial score (nSPS) is 19.0. The number of anilines is 1. The summed E-state index contributed by atoms with van der Waals surface area (Å²) in [6, 6.07) is 6.44. The molecular formula is C15H23ClN2. The van der Waals surface area contributed by atoms with E-state index in [-0.39, 0.29) is 0 Å². The van der Waals surface area contributed by atoms with Crippen LogP contribution in [0.1, 0.15) is 32.3 Å². The zero-order chi connectivity index (χ0) is 13.2. The highest BCUT2D eigenvalue weighted by atomic mass is 35.5. The molecule has 3 heteroatoms. The van der Waals surface area contributed by atoms with Crippen LogP contribution in [0, 0.1) is 5.41 Å². The summed E-state index contributed by atoms with van der Waals surface area (Å²) in [6.07, 6.45) is 2.58. The second-order valence-electron chi connectivity index (χ2n) is 6.00. The molecule has 0 radical (unpaired) electrons. The van der Waals surface area contributed by atoms with E-state index in [9.17, 15) is 0 Å². The summed E-state index contributed by atoms with van der Waals surface area (Å²) in [4.78, 5) is 2.46. The molecule has 1 aliphatic heterocycles. The Morgan fingerprint density at radius 3 is 2.78 bits per heavy atom. The van der Waals surface area contributed by atoms with Gasteiger partial charge in [-0.05, 0) is 43.0 Å². The topological polar surface area (TPSA) is 15.3 Å². The molecule has 1 fully saturated rings. The van der Waals surface area contributed by atoms with E-state index >= 15 is 0 Å². The molecular weight excluding hydrogens is 244 g/mol. The summed E-state index contributed by atoms with van der Waals surface area (Å²) in [6.45, 7) is 7.77. The number of nitrogens with zero attached hydrogens (tertiary/aromatic N) is 1. The van der Waals surface area contributed by atoms with Crippen molar-refractivity contribution < 1.29 is 0 Å². The largest absolute Gasteiger partial charge is 0.371 e. The van der Waals surface area contributed by atoms with Crippen molar-refractivity contribution in [2.24, 2.45) is 5.41 Å². The molecule has 0 spiro atoms. The van der Waals surface area contributed by atoms with Crippen molar-refractivity contribution in [1.29, 1.82) is 0 Å². The summed E-state index contributed by atoms with van der Waals surface area (Å²) in [7, 11) is 1.94. The lowest BCUT2D eigenvalue weighted by Crippen LogP contribution is -2.40. The molecule has 18 heavy (non-hydrogen) atoms. The smallest absolute Gasteiger partial charge is 0.0471 e. The van der Waals surface area contributed by atoms with Gasteiger partial charge in [0, 0.05) is 30.3 Å². The Labute approximate surface area is 115 Å². The lowest BCUT2D eigenvalue weighted by atomic mass is 9.84. The van der Waals surface area contributed by atoms with Gasteiger partial charge in [-0.15, -0.1) is 0 Å². The maximum Gasteiger partial charge on any atom is 0.0471 e. The van der Waals surface area contributed by atoms with Crippen molar-refractivity contribution in [3.05, 3.63) is 28.8 Å². The fourth-order valence-electron chi connectivity index (χ4n) is 2.71. The quantitative estimate of drug-likeness (QED) is 0.898. The number of hydrogen-bond acceptors (Lipinski definition) is 2. The highest BCUT2D eigenvalue weighted by molar-refractivity contribution is 6.31. The molecule has 0 aromatic heterocycles. The Hall–Kier alpha value is -0.730. The monoisotopic (exact) mass is 266 g/mol. The first kappa shape index (κ1) is 13.7. The van der Waals surface area contributed by atoms with E-state index in [0.717, 1.165) is 24.7 Å². The lowest BCUT2D eigenvalue weighted by molar-refractivity contribution is 0.293. The van der Waals surface area contributed by atoms with Crippen LogP contribution in [-0.4, -0.2) is 20.1 Å². The third kappa shape index (κ3) is 3.18. The summed E-state index contributed by atoms with van der Waals surface area (Å²) >= 11 is 6.33. The van der Waals surface area contributed by atoms with Gasteiger partial charge in [0.25, 0.3) is 0 Å². The van der Waals surface area contributed by atoms with Crippen LogP contribution >= 0.6 is 11.6 Å². The molecule has 0 unspecified atom stereocenters. The molecule has 100 valence electrons. The van der Waals surface area contributed by atoms with E-state index in [1.165, 1.54) is 24.1 Å². The zero-order valence-electron chi connectivity index (χ0n) is 11.6. The minimum atomic E-state index is 0.411. The van der Waals surface area contributed by atoms with Gasteiger partial charge < -0.3 is 10.2 Å². The Morgan fingerprint density at radius 2 is 2.17 bits per heavy atom. The van der Waals surface area contributed by atoms with Crippen LogP contribution in [-0.2, 0) is 6.54 Å². The molecule has 1 heterocycles. The third-order valence-electron chi connectivity index (χ3n) is 3.67. The van der Waals surface area contributed by atoms with Crippen LogP contribution in [0.15, 0.2) is 18.2 Å². The lowest BCUT2D eigenvalue weighted by Gasteiger charge is -2.39. The molecule has 1 aromatic rings. The van der Waals surface area contributed by atoms with Gasteiger partial charge in [0.1, 0.15) is 0 Å². The third-order valence-corrected chi connectivity index (χ3v) is 4.02. The molecule has 0 saturated carbocycles. The second-order valence-corrected chi connectivity index (χ2v) is 6.40. The number of rotatable bonds is 3. The van der Waals surface area contributed by atoms with Crippen LogP contribution < -0.4 is 10.2 Å². The first-order valence-corrected chi connectivity index (χ1v) is 7.08. The number of nitrogens with one attached hydrogen (secondary N) is 1. The maximum absolute atomic E-state index is 6.33. The van der Waals surface area contributed by atoms with Crippen molar-refractivity contribution >= 4 is 17.3 Å². The molecule has 0 amide bonds. The van der Waals surface area contributed by atoms with Crippen LogP contribution in [0.3, 0.4) is 0 Å². The number of halogens is 1. The van der Waals surface area contributed by atoms with Crippen molar-refractivity contribution in [3.63, 3.8) is 0 Å². The van der Waals surface area contributed by atoms with Crippen molar-refractivity contribution in [1.82, 2.24) is 5.32 Å². The fourth-order valence-corrected chi connectivity index (χ4v) is 2.95. The standard InChI is InChI=1S/C15H23ClN2/c1-15(2)7-4-8-18(11-15)13-6-5-12(10-17-3)14(16)9-13/h5-6,9,17H,4,7-8,10-11H2,1-3H3. The molecule has 0 aliphatic carbocycles. The fraction of sp³-hybridized carbons (Fsp3) is 0.600. The first-order valence-electron chi connectivity index (χ1n) is 6.70. The summed E-state index contributed by atoms with van der Waals surface area (Å²) in [5.41, 5.74) is 2.83. The van der Waals surface area contributed by atoms with Gasteiger partial charge in [0.15, 0.2) is 0 Å². The van der Waals surface area contributed by atoms with Gasteiger partial charge in [-0.1, -0.05) is 31.5 Å². The Balaban J connectivity index is 2.16. The van der Waals surface area contributed by atoms with Gasteiger partial charge in [-0.3, -0.25) is 0 Å². The SMILES string of the molecule is CNCc1ccc(N2CCCC(C)(C)C2)cc1Cl. The number of benzene rings is 1. The minimum absolute atomic E-state index is 0.411. The van der Waals surface area contributed by atoms with Gasteiger partial charge in [0.05, 0.1) is 0 Å². The predicted molar refractivity (Wildman–Crippen MR) is 79.4 cm³/mol. The van der Waals surface area contributed by atoms with E-state index in [4.69, 9.17) is 11.6 Å². The van der Waals surface area contributed by atoms with E-state index < -0.39 is 0 Å². The molecule has 1 aromatic carbocycles. The molecule has 0 bridgehead atoms. The van der Waals surface area contributed by atoms with Gasteiger partial charge in [-0.25, -0.2) is 0 Å². The number of piperidine rings is 1. The average Bonchev–Trinajstić information content (AvgIpc) is 2.30. The van der Waals surface area contributed by atoms with E-state index in [1.807, 2.05) is 7.05 Å². The van der Waals surface area contributed by atoms with Crippen LogP contribution in [0.5, 0.6) is 0 Å². The van der Waals surface area contributed by atoms with E-state index in [0.29, 0.717) is 5.41 Å². The Bertz CT molecular complexity index is 415. The predicted octanol–water partition coefficient (Wildman–Crippen LogP) is 3.69. The molecule has 1 N–H and O–H groups in total. The second kappa shape index (κ2) is 5.50. The highest BCUT2D eigenvalue weighted by Crippen LogP contribution is 2.33. The van der Waals surface area contributed by atoms with Crippen molar-refractivity contribution in [3.8, 4) is 0 Å². The Kier molecular flexibility index (Phi) is 4.18. The summed E-state index contributed by atoms with van der Waals surface area (Å²) in [5, 5.41) is 4.00. The van der Waals surface area contributed by atoms with Crippen molar-refractivity contribution in [2.75, 3.05) is 25.0 Å². The highest BCUT2D eigenvalue weighted by Gasteiger charge is 2.26. The summed E-state index contributed by atoms with van der Waals surface area (Å²) < 4.78 is 0. The van der Waals surface area contributed by atoms with Crippen LogP contribution in [0.4, 0.5) is 5.69 Å². The van der Waals surface area contributed by atoms with Crippen molar-refractivity contribution in [2.45, 2.75) is 33.2 Å². The van der Waals surface area contributed by atoms with Gasteiger partial charge >= 0.3 is 0 Å². The molecule has 1 aliphatic rings. The average molecular weight is 267 g/mol. The summed E-state index contributed by atoms with van der Waals surface area (Å²) in [5.74, 6) is 0. The van der Waals surface area contributed by atoms with E-state index in [2.05, 4.69) is 42.3 Å². The van der Waals surface area contributed by atoms with Gasteiger partial charge in [-0.2, -0.15) is 0 Å². The molecule has 1 saturated heterocycles. The van der Waals surface area contributed by atoms with Crippen LogP contribution in [0.25, 0.3) is 0 Å². The molecule has 2 rings (SSSR count). The maximum atomic E-state index is 6.33. The first-order chi connectivity index (χ1) is 8.52. The zero-order valence-corrected chi connectivity index (χ0v) is 12.3. The minimum Gasteiger partial charge on any atom is -0.371 e. The van der Waals surface area contributed by atoms with Gasteiger partial charge in [0.2, 0.25) is 0 Å². The van der Waals surface area contributed by atoms with E-state index in [1.54, 1.807) is 0 Å².